The Bertz CT molecular complexity index is 902. The van der Waals surface area contributed by atoms with Gasteiger partial charge in [-0.15, -0.1) is 11.3 Å². The average molecular weight is 343 g/mol. The molecule has 0 aliphatic carbocycles. The number of rotatable bonds is 4. The van der Waals surface area contributed by atoms with E-state index < -0.39 is 5.97 Å². The summed E-state index contributed by atoms with van der Waals surface area (Å²) in [5.41, 5.74) is 1.14. The number of hydrogen-bond donors (Lipinski definition) is 1. The number of anilines is 1. The summed E-state index contributed by atoms with van der Waals surface area (Å²) in [4.78, 5) is 24.6. The molecule has 1 amide bonds. The van der Waals surface area contributed by atoms with E-state index in [1.54, 1.807) is 12.1 Å². The summed E-state index contributed by atoms with van der Waals surface area (Å²) < 4.78 is 18.6. The van der Waals surface area contributed by atoms with Crippen LogP contribution in [0.15, 0.2) is 48.5 Å². The monoisotopic (exact) mass is 343 g/mol. The number of fused-ring (bicyclic) bond motifs is 1. The molecule has 3 rings (SSSR count). The van der Waals surface area contributed by atoms with E-state index in [-0.39, 0.29) is 18.1 Å². The minimum atomic E-state index is -0.492. The van der Waals surface area contributed by atoms with Crippen LogP contribution < -0.4 is 5.32 Å². The molecule has 1 heterocycles. The Kier molecular flexibility index (Phi) is 4.57. The first-order valence-electron chi connectivity index (χ1n) is 7.22. The number of esters is 1. The molecular weight excluding hydrogens is 329 g/mol. The summed E-state index contributed by atoms with van der Waals surface area (Å²) in [6.07, 6.45) is 0.0884. The Balaban J connectivity index is 1.89. The molecule has 0 saturated carbocycles. The molecule has 3 aromatic rings. The third kappa shape index (κ3) is 3.28. The third-order valence-corrected chi connectivity index (χ3v) is 4.66. The maximum absolute atomic E-state index is 12.9. The highest BCUT2D eigenvalue weighted by atomic mass is 32.1. The number of amides is 1. The Morgan fingerprint density at radius 2 is 1.83 bits per heavy atom. The fraction of sp³-hybridized carbons (Fsp3) is 0.111. The zero-order valence-corrected chi connectivity index (χ0v) is 13.7. The predicted molar refractivity (Wildman–Crippen MR) is 91.9 cm³/mol. The van der Waals surface area contributed by atoms with E-state index in [0.29, 0.717) is 16.1 Å². The first-order chi connectivity index (χ1) is 11.6. The van der Waals surface area contributed by atoms with E-state index in [4.69, 9.17) is 4.74 Å². The van der Waals surface area contributed by atoms with Crippen molar-refractivity contribution in [2.75, 3.05) is 12.4 Å². The van der Waals surface area contributed by atoms with Crippen LogP contribution in [0.25, 0.3) is 10.1 Å². The van der Waals surface area contributed by atoms with Crippen LogP contribution in [0.3, 0.4) is 0 Å². The van der Waals surface area contributed by atoms with E-state index in [1.165, 1.54) is 30.6 Å². The highest BCUT2D eigenvalue weighted by molar-refractivity contribution is 7.21. The number of hydrogen-bond acceptors (Lipinski definition) is 4. The lowest BCUT2D eigenvalue weighted by Crippen LogP contribution is -2.16. The van der Waals surface area contributed by atoms with Gasteiger partial charge < -0.3 is 10.1 Å². The highest BCUT2D eigenvalue weighted by Crippen LogP contribution is 2.36. The molecule has 0 fully saturated rings. The summed E-state index contributed by atoms with van der Waals surface area (Å²) in [7, 11) is 1.30. The van der Waals surface area contributed by atoms with Gasteiger partial charge in [0, 0.05) is 10.1 Å². The Hall–Kier alpha value is -2.73. The number of methoxy groups -OCH3 is 1. The molecule has 0 bridgehead atoms. The van der Waals surface area contributed by atoms with Gasteiger partial charge in [0.1, 0.15) is 10.7 Å². The van der Waals surface area contributed by atoms with Crippen molar-refractivity contribution in [1.29, 1.82) is 0 Å². The van der Waals surface area contributed by atoms with Gasteiger partial charge in [0.2, 0.25) is 5.91 Å². The second kappa shape index (κ2) is 6.80. The summed E-state index contributed by atoms with van der Waals surface area (Å²) in [6, 6.07) is 13.2. The lowest BCUT2D eigenvalue weighted by Gasteiger charge is -2.07. The van der Waals surface area contributed by atoms with E-state index in [0.717, 1.165) is 10.1 Å². The second-order valence-electron chi connectivity index (χ2n) is 5.15. The zero-order chi connectivity index (χ0) is 17.1. The number of benzene rings is 2. The second-order valence-corrected chi connectivity index (χ2v) is 6.20. The number of thiophene rings is 1. The standard InChI is InChI=1S/C18H14FNO3S/c1-23-18(22)17-16(13-4-2-3-5-14(13)24-17)20-15(21)10-11-6-8-12(19)9-7-11/h2-9H,10H2,1H3,(H,20,21). The molecule has 0 aliphatic rings. The quantitative estimate of drug-likeness (QED) is 0.728. The minimum absolute atomic E-state index is 0.0884. The summed E-state index contributed by atoms with van der Waals surface area (Å²) in [6.45, 7) is 0. The molecule has 6 heteroatoms. The SMILES string of the molecule is COC(=O)c1sc2ccccc2c1NC(=O)Cc1ccc(F)cc1. The van der Waals surface area contributed by atoms with Gasteiger partial charge in [-0.2, -0.15) is 0 Å². The van der Waals surface area contributed by atoms with Crippen molar-refractivity contribution in [3.8, 4) is 0 Å². The van der Waals surface area contributed by atoms with Crippen LogP contribution in [-0.4, -0.2) is 19.0 Å². The Morgan fingerprint density at radius 1 is 1.12 bits per heavy atom. The molecule has 0 spiro atoms. The summed E-state index contributed by atoms with van der Waals surface area (Å²) >= 11 is 1.27. The molecule has 1 aromatic heterocycles. The predicted octanol–water partition coefficient (Wildman–Crippen LogP) is 4.01. The van der Waals surface area contributed by atoms with E-state index in [1.807, 2.05) is 24.3 Å². The van der Waals surface area contributed by atoms with E-state index in [9.17, 15) is 14.0 Å². The normalized spacial score (nSPS) is 10.6. The van der Waals surface area contributed by atoms with Crippen LogP contribution in [0.4, 0.5) is 10.1 Å². The zero-order valence-electron chi connectivity index (χ0n) is 12.8. The number of halogens is 1. The molecule has 1 N–H and O–H groups in total. The average Bonchev–Trinajstić information content (AvgIpc) is 2.95. The summed E-state index contributed by atoms with van der Waals surface area (Å²) in [5, 5.41) is 3.58. The fourth-order valence-corrected chi connectivity index (χ4v) is 3.45. The van der Waals surface area contributed by atoms with E-state index >= 15 is 0 Å². The summed E-state index contributed by atoms with van der Waals surface area (Å²) in [5.74, 6) is -1.13. The van der Waals surface area contributed by atoms with Crippen LogP contribution in [0, 0.1) is 5.82 Å². The van der Waals surface area contributed by atoms with Crippen molar-refractivity contribution < 1.29 is 18.7 Å². The molecule has 4 nitrogen and oxygen atoms in total. The number of carbonyl (C=O) groups excluding carboxylic acids is 2. The lowest BCUT2D eigenvalue weighted by atomic mass is 10.1. The molecule has 0 saturated heterocycles. The van der Waals surface area contributed by atoms with Gasteiger partial charge >= 0.3 is 5.97 Å². The van der Waals surface area contributed by atoms with Crippen LogP contribution in [-0.2, 0) is 16.0 Å². The highest BCUT2D eigenvalue weighted by Gasteiger charge is 2.20. The lowest BCUT2D eigenvalue weighted by molar-refractivity contribution is -0.115. The van der Waals surface area contributed by atoms with Gasteiger partial charge in [0.15, 0.2) is 0 Å². The van der Waals surface area contributed by atoms with E-state index in [2.05, 4.69) is 5.32 Å². The molecule has 0 aliphatic heterocycles. The van der Waals surface area contributed by atoms with Gasteiger partial charge in [-0.25, -0.2) is 9.18 Å². The van der Waals surface area contributed by atoms with Crippen molar-refractivity contribution in [2.45, 2.75) is 6.42 Å². The molecule has 24 heavy (non-hydrogen) atoms. The van der Waals surface area contributed by atoms with Crippen LogP contribution in [0.1, 0.15) is 15.2 Å². The number of nitrogens with one attached hydrogen (secondary N) is 1. The molecular formula is C18H14FNO3S. The molecule has 0 atom stereocenters. The van der Waals surface area contributed by atoms with Gasteiger partial charge in [0.25, 0.3) is 0 Å². The van der Waals surface area contributed by atoms with Gasteiger partial charge in [-0.1, -0.05) is 30.3 Å². The molecule has 0 radical (unpaired) electrons. The maximum Gasteiger partial charge on any atom is 0.350 e. The topological polar surface area (TPSA) is 55.4 Å². The molecule has 2 aromatic carbocycles. The third-order valence-electron chi connectivity index (χ3n) is 3.51. The van der Waals surface area contributed by atoms with Gasteiger partial charge in [-0.3, -0.25) is 4.79 Å². The smallest absolute Gasteiger partial charge is 0.350 e. The number of ether oxygens (including phenoxy) is 1. The molecule has 122 valence electrons. The van der Waals surface area contributed by atoms with Crippen molar-refractivity contribution in [2.24, 2.45) is 0 Å². The van der Waals surface area contributed by atoms with Crippen LogP contribution in [0.2, 0.25) is 0 Å². The first kappa shape index (κ1) is 16.1. The first-order valence-corrected chi connectivity index (χ1v) is 8.04. The fourth-order valence-electron chi connectivity index (χ4n) is 2.38. The van der Waals surface area contributed by atoms with Gasteiger partial charge in [0.05, 0.1) is 19.2 Å². The van der Waals surface area contributed by atoms with Crippen molar-refractivity contribution in [1.82, 2.24) is 0 Å². The van der Waals surface area contributed by atoms with Gasteiger partial charge in [-0.05, 0) is 23.8 Å². The minimum Gasteiger partial charge on any atom is -0.465 e. The van der Waals surface area contributed by atoms with Crippen molar-refractivity contribution in [3.05, 3.63) is 64.8 Å². The Labute approximate surface area is 141 Å². The van der Waals surface area contributed by atoms with Crippen molar-refractivity contribution in [3.63, 3.8) is 0 Å². The van der Waals surface area contributed by atoms with Crippen LogP contribution >= 0.6 is 11.3 Å². The largest absolute Gasteiger partial charge is 0.465 e. The molecule has 0 unspecified atom stereocenters. The Morgan fingerprint density at radius 3 is 2.54 bits per heavy atom. The number of carbonyl (C=O) groups is 2. The van der Waals surface area contributed by atoms with Crippen molar-refractivity contribution >= 4 is 39.0 Å². The van der Waals surface area contributed by atoms with Crippen LogP contribution in [0.5, 0.6) is 0 Å². The maximum atomic E-state index is 12.9.